The van der Waals surface area contributed by atoms with Crippen molar-refractivity contribution >= 4 is 51.2 Å². The lowest BCUT2D eigenvalue weighted by Gasteiger charge is -2.11. The van der Waals surface area contributed by atoms with Crippen molar-refractivity contribution in [2.45, 2.75) is 6.92 Å². The highest BCUT2D eigenvalue weighted by Gasteiger charge is 2.29. The summed E-state index contributed by atoms with van der Waals surface area (Å²) in [5.41, 5.74) is 2.71. The normalized spacial score (nSPS) is 16.1. The zero-order chi connectivity index (χ0) is 14.4. The predicted octanol–water partition coefficient (Wildman–Crippen LogP) is 3.70. The molecule has 1 aliphatic carbocycles. The van der Waals surface area contributed by atoms with Crippen molar-refractivity contribution in [3.05, 3.63) is 51.7 Å². The Morgan fingerprint density at radius 3 is 2.65 bits per heavy atom. The summed E-state index contributed by atoms with van der Waals surface area (Å²) in [6.45, 7) is 1.97. The Bertz CT molecular complexity index is 828. The second-order valence-electron chi connectivity index (χ2n) is 4.63. The molecule has 1 aromatic carbocycles. The fraction of sp³-hybridized carbons (Fsp3) is 0.0667. The van der Waals surface area contributed by atoms with Crippen molar-refractivity contribution in [2.24, 2.45) is 0 Å². The molecule has 0 bridgehead atoms. The first-order valence-corrected chi connectivity index (χ1v) is 6.68. The number of nitrogens with one attached hydrogen (secondary N) is 1. The topological polar surface area (TPSA) is 49.9 Å². The first-order chi connectivity index (χ1) is 9.49. The van der Waals surface area contributed by atoms with E-state index in [0.717, 1.165) is 22.5 Å². The molecule has 0 atom stereocenters. The highest BCUT2D eigenvalue weighted by molar-refractivity contribution is 6.62. The number of hydrogen-bond acceptors (Lipinski definition) is 2. The maximum atomic E-state index is 12.2. The fourth-order valence-corrected chi connectivity index (χ4v) is 2.71. The van der Waals surface area contributed by atoms with Gasteiger partial charge in [-0.05, 0) is 18.6 Å². The summed E-state index contributed by atoms with van der Waals surface area (Å²) in [6.07, 6.45) is 2.72. The molecule has 20 heavy (non-hydrogen) atoms. The maximum Gasteiger partial charge on any atom is 0.206 e. The van der Waals surface area contributed by atoms with Crippen LogP contribution in [0.2, 0.25) is 0 Å². The number of fused-ring (bicyclic) bond motifs is 1. The fourth-order valence-electron chi connectivity index (χ4n) is 2.27. The van der Waals surface area contributed by atoms with E-state index in [1.165, 1.54) is 0 Å². The van der Waals surface area contributed by atoms with Crippen molar-refractivity contribution in [3.8, 4) is 0 Å². The minimum absolute atomic E-state index is 0.0964. The van der Waals surface area contributed by atoms with E-state index >= 15 is 0 Å². The van der Waals surface area contributed by atoms with E-state index in [1.807, 2.05) is 25.1 Å². The third kappa shape index (κ3) is 1.90. The zero-order valence-corrected chi connectivity index (χ0v) is 12.0. The highest BCUT2D eigenvalue weighted by atomic mass is 35.5. The number of rotatable bonds is 1. The van der Waals surface area contributed by atoms with Gasteiger partial charge in [0.05, 0.1) is 15.6 Å². The minimum Gasteiger partial charge on any atom is -0.361 e. The van der Waals surface area contributed by atoms with Gasteiger partial charge in [0.15, 0.2) is 5.78 Å². The monoisotopic (exact) mass is 305 g/mol. The molecule has 0 saturated carbocycles. The van der Waals surface area contributed by atoms with Gasteiger partial charge in [0.25, 0.3) is 0 Å². The second-order valence-corrected chi connectivity index (χ2v) is 5.41. The van der Waals surface area contributed by atoms with Crippen LogP contribution in [0.1, 0.15) is 11.1 Å². The third-order valence-corrected chi connectivity index (χ3v) is 3.90. The molecular weight excluding hydrogens is 297 g/mol. The van der Waals surface area contributed by atoms with Crippen molar-refractivity contribution in [2.75, 3.05) is 0 Å². The number of ketones is 2. The van der Waals surface area contributed by atoms with Crippen LogP contribution in [0, 0.1) is 6.92 Å². The number of aromatic nitrogens is 1. The van der Waals surface area contributed by atoms with Crippen molar-refractivity contribution in [3.63, 3.8) is 0 Å². The number of allylic oxidation sites excluding steroid dienone is 4. The molecule has 3 rings (SSSR count). The number of carbonyl (C=O) groups excluding carboxylic acids is 2. The second kappa shape index (κ2) is 4.62. The highest BCUT2D eigenvalue weighted by Crippen LogP contribution is 2.35. The summed E-state index contributed by atoms with van der Waals surface area (Å²) in [6, 6.07) is 5.78. The Kier molecular flexibility index (Phi) is 3.04. The SMILES string of the molecule is Cc1ccc2c(C3=C(Cl)C(=O)C=C(Cl)C3=O)c[nH]c2c1. The summed E-state index contributed by atoms with van der Waals surface area (Å²) in [5.74, 6) is -0.884. The molecule has 3 nitrogen and oxygen atoms in total. The van der Waals surface area contributed by atoms with Crippen LogP contribution >= 0.6 is 23.2 Å². The van der Waals surface area contributed by atoms with Gasteiger partial charge in [0, 0.05) is 28.7 Å². The lowest BCUT2D eigenvalue weighted by Crippen LogP contribution is -2.13. The number of aryl methyl sites for hydroxylation is 1. The third-order valence-electron chi connectivity index (χ3n) is 3.24. The molecule has 100 valence electrons. The van der Waals surface area contributed by atoms with Crippen LogP contribution in [0.3, 0.4) is 0 Å². The number of H-pyrrole nitrogens is 1. The predicted molar refractivity (Wildman–Crippen MR) is 79.8 cm³/mol. The van der Waals surface area contributed by atoms with Crippen LogP contribution < -0.4 is 0 Å². The number of halogens is 2. The van der Waals surface area contributed by atoms with Gasteiger partial charge < -0.3 is 4.98 Å². The van der Waals surface area contributed by atoms with E-state index in [9.17, 15) is 9.59 Å². The molecule has 1 aromatic heterocycles. The van der Waals surface area contributed by atoms with Gasteiger partial charge in [-0.1, -0.05) is 35.3 Å². The molecule has 0 amide bonds. The van der Waals surface area contributed by atoms with Crippen LogP contribution in [0.5, 0.6) is 0 Å². The van der Waals surface area contributed by atoms with Crippen molar-refractivity contribution < 1.29 is 9.59 Å². The van der Waals surface area contributed by atoms with Crippen molar-refractivity contribution in [1.29, 1.82) is 0 Å². The van der Waals surface area contributed by atoms with Gasteiger partial charge in [-0.3, -0.25) is 9.59 Å². The van der Waals surface area contributed by atoms with E-state index in [4.69, 9.17) is 23.2 Å². The summed E-state index contributed by atoms with van der Waals surface area (Å²) < 4.78 is 0. The van der Waals surface area contributed by atoms with Crippen molar-refractivity contribution in [1.82, 2.24) is 4.98 Å². The summed E-state index contributed by atoms with van der Waals surface area (Å²) in [5, 5.41) is 0.619. The van der Waals surface area contributed by atoms with Gasteiger partial charge in [0.1, 0.15) is 0 Å². The smallest absolute Gasteiger partial charge is 0.206 e. The Morgan fingerprint density at radius 1 is 1.15 bits per heavy atom. The van der Waals surface area contributed by atoms with E-state index in [0.29, 0.717) is 5.56 Å². The first-order valence-electron chi connectivity index (χ1n) is 5.93. The lowest BCUT2D eigenvalue weighted by atomic mass is 9.95. The minimum atomic E-state index is -0.451. The molecule has 0 unspecified atom stereocenters. The number of aromatic amines is 1. The zero-order valence-electron chi connectivity index (χ0n) is 10.5. The Morgan fingerprint density at radius 2 is 1.90 bits per heavy atom. The molecular formula is C15H9Cl2NO2. The molecule has 2 aromatic rings. The largest absolute Gasteiger partial charge is 0.361 e. The number of carbonyl (C=O) groups is 2. The van der Waals surface area contributed by atoms with E-state index < -0.39 is 11.6 Å². The molecule has 1 heterocycles. The molecule has 0 fully saturated rings. The molecule has 1 aliphatic rings. The van der Waals surface area contributed by atoms with E-state index in [-0.39, 0.29) is 15.6 Å². The number of benzene rings is 1. The first kappa shape index (κ1) is 13.2. The molecule has 5 heteroatoms. The number of Topliss-reactive ketones (excluding diaryl/α,β-unsaturated/α-hetero) is 1. The van der Waals surface area contributed by atoms with Crippen LogP contribution in [0.15, 0.2) is 40.5 Å². The standard InChI is InChI=1S/C15H9Cl2NO2/c1-7-2-3-8-9(6-18-11(8)4-7)13-14(17)12(19)5-10(16)15(13)20/h2-6,18H,1H3. The van der Waals surface area contributed by atoms with Crippen LogP contribution in [0.25, 0.3) is 16.5 Å². The Labute approximate surface area is 124 Å². The van der Waals surface area contributed by atoms with E-state index in [2.05, 4.69) is 4.98 Å². The van der Waals surface area contributed by atoms with Gasteiger partial charge in [-0.2, -0.15) is 0 Å². The molecule has 0 radical (unpaired) electrons. The molecule has 0 spiro atoms. The average Bonchev–Trinajstić information content (AvgIpc) is 2.80. The lowest BCUT2D eigenvalue weighted by molar-refractivity contribution is -0.113. The summed E-state index contributed by atoms with van der Waals surface area (Å²) >= 11 is 11.8. The van der Waals surface area contributed by atoms with Gasteiger partial charge in [-0.15, -0.1) is 0 Å². The van der Waals surface area contributed by atoms with Crippen LogP contribution in [-0.4, -0.2) is 16.6 Å². The van der Waals surface area contributed by atoms with Crippen LogP contribution in [-0.2, 0) is 9.59 Å². The maximum absolute atomic E-state index is 12.2. The Balaban J connectivity index is 2.27. The van der Waals surface area contributed by atoms with Gasteiger partial charge in [-0.25, -0.2) is 0 Å². The quantitative estimate of drug-likeness (QED) is 0.817. The molecule has 0 aliphatic heterocycles. The number of hydrogen-bond donors (Lipinski definition) is 1. The molecule has 1 N–H and O–H groups in total. The Hall–Kier alpha value is -1.84. The van der Waals surface area contributed by atoms with Gasteiger partial charge >= 0.3 is 0 Å². The molecule has 0 saturated heterocycles. The van der Waals surface area contributed by atoms with Gasteiger partial charge in [0.2, 0.25) is 5.78 Å². The van der Waals surface area contributed by atoms with Crippen LogP contribution in [0.4, 0.5) is 0 Å². The average molecular weight is 306 g/mol. The van der Waals surface area contributed by atoms with E-state index in [1.54, 1.807) is 6.20 Å². The summed E-state index contributed by atoms with van der Waals surface area (Å²) in [4.78, 5) is 27.0. The summed E-state index contributed by atoms with van der Waals surface area (Å²) in [7, 11) is 0.